The van der Waals surface area contributed by atoms with Gasteiger partial charge in [-0.2, -0.15) is 0 Å². The van der Waals surface area contributed by atoms with Gasteiger partial charge in [-0.15, -0.1) is 0 Å². The molecule has 0 radical (unpaired) electrons. The van der Waals surface area contributed by atoms with E-state index < -0.39 is 0 Å². The number of rotatable bonds is 6. The number of ether oxygens (including phenoxy) is 2. The topological polar surface area (TPSA) is 67.5 Å². The van der Waals surface area contributed by atoms with Crippen LogP contribution < -0.4 is 4.74 Å². The highest BCUT2D eigenvalue weighted by molar-refractivity contribution is 5.79. The molecular weight excluding hydrogens is 294 g/mol. The maximum atomic E-state index is 12.5. The van der Waals surface area contributed by atoms with E-state index in [1.807, 2.05) is 30.0 Å². The van der Waals surface area contributed by atoms with Gasteiger partial charge in [0.1, 0.15) is 11.6 Å². The fraction of sp³-hybridized carbons (Fsp3) is 0.529. The fourth-order valence-corrected chi connectivity index (χ4v) is 2.94. The first-order valence-corrected chi connectivity index (χ1v) is 8.10. The number of hydrogen-bond acceptors (Lipinski definition) is 4. The van der Waals surface area contributed by atoms with Crippen LogP contribution >= 0.6 is 0 Å². The van der Waals surface area contributed by atoms with Crippen LogP contribution in [-0.4, -0.2) is 54.2 Å². The predicted molar refractivity (Wildman–Crippen MR) is 87.5 cm³/mol. The van der Waals surface area contributed by atoms with E-state index in [1.54, 1.807) is 7.11 Å². The third-order valence-corrected chi connectivity index (χ3v) is 4.33. The summed E-state index contributed by atoms with van der Waals surface area (Å²) in [7, 11) is 1.65. The minimum Gasteiger partial charge on any atom is -0.497 e. The zero-order chi connectivity index (χ0) is 16.2. The molecule has 1 unspecified atom stereocenters. The average Bonchev–Trinajstić information content (AvgIpc) is 3.23. The summed E-state index contributed by atoms with van der Waals surface area (Å²) in [6, 6.07) is 5.77. The summed E-state index contributed by atoms with van der Waals surface area (Å²) in [5.74, 6) is 1.92. The maximum absolute atomic E-state index is 12.5. The van der Waals surface area contributed by atoms with E-state index in [1.165, 1.54) is 0 Å². The van der Waals surface area contributed by atoms with Crippen LogP contribution in [0, 0.1) is 5.92 Å². The standard InChI is InChI=1S/C17H23N3O3/c1-3-20(17(21)12-7-9-23-11-12)8-6-16-18-14-5-4-13(22-2)10-15(14)19-16/h4-5,10,12H,3,6-9,11H2,1-2H3,(H,18,19). The van der Waals surface area contributed by atoms with E-state index in [4.69, 9.17) is 9.47 Å². The Hall–Kier alpha value is -2.08. The lowest BCUT2D eigenvalue weighted by molar-refractivity contribution is -0.135. The molecule has 0 bridgehead atoms. The molecule has 1 saturated heterocycles. The minimum atomic E-state index is 0.0230. The van der Waals surface area contributed by atoms with Gasteiger partial charge in [-0.25, -0.2) is 4.98 Å². The van der Waals surface area contributed by atoms with Crippen molar-refractivity contribution in [2.45, 2.75) is 19.8 Å². The fourth-order valence-electron chi connectivity index (χ4n) is 2.94. The Balaban J connectivity index is 1.65. The molecule has 3 rings (SSSR count). The van der Waals surface area contributed by atoms with E-state index >= 15 is 0 Å². The zero-order valence-electron chi connectivity index (χ0n) is 13.7. The molecule has 6 heteroatoms. The van der Waals surface area contributed by atoms with Crippen LogP contribution in [0.1, 0.15) is 19.2 Å². The number of H-pyrrole nitrogens is 1. The van der Waals surface area contributed by atoms with Crippen molar-refractivity contribution >= 4 is 16.9 Å². The molecular formula is C17H23N3O3. The van der Waals surface area contributed by atoms with Gasteiger partial charge in [0.2, 0.25) is 5.91 Å². The van der Waals surface area contributed by atoms with Crippen molar-refractivity contribution in [1.82, 2.24) is 14.9 Å². The minimum absolute atomic E-state index is 0.0230. The summed E-state index contributed by atoms with van der Waals surface area (Å²) in [6.07, 6.45) is 1.55. The van der Waals surface area contributed by atoms with Crippen LogP contribution in [0.3, 0.4) is 0 Å². The molecule has 6 nitrogen and oxygen atoms in total. The number of imidazole rings is 1. The first-order chi connectivity index (χ1) is 11.2. The second kappa shape index (κ2) is 7.00. The van der Waals surface area contributed by atoms with Crippen molar-refractivity contribution in [1.29, 1.82) is 0 Å². The first-order valence-electron chi connectivity index (χ1n) is 8.10. The van der Waals surface area contributed by atoms with Gasteiger partial charge in [0.05, 0.1) is 30.7 Å². The smallest absolute Gasteiger partial charge is 0.228 e. The number of nitrogens with zero attached hydrogens (tertiary/aromatic N) is 2. The first kappa shape index (κ1) is 15.8. The Morgan fingerprint density at radius 1 is 1.52 bits per heavy atom. The Kier molecular flexibility index (Phi) is 4.81. The Morgan fingerprint density at radius 3 is 3.09 bits per heavy atom. The Labute approximate surface area is 135 Å². The van der Waals surface area contributed by atoms with E-state index in [-0.39, 0.29) is 11.8 Å². The van der Waals surface area contributed by atoms with E-state index in [9.17, 15) is 4.79 Å². The van der Waals surface area contributed by atoms with Crippen molar-refractivity contribution in [2.24, 2.45) is 5.92 Å². The zero-order valence-corrected chi connectivity index (χ0v) is 13.7. The van der Waals surface area contributed by atoms with Crippen LogP contribution in [0.15, 0.2) is 18.2 Å². The second-order valence-electron chi connectivity index (χ2n) is 5.79. The predicted octanol–water partition coefficient (Wildman–Crippen LogP) is 2.00. The van der Waals surface area contributed by atoms with Crippen LogP contribution in [0.25, 0.3) is 11.0 Å². The van der Waals surface area contributed by atoms with Gasteiger partial charge in [0, 0.05) is 32.2 Å². The normalized spacial score (nSPS) is 17.6. The number of amides is 1. The molecule has 23 heavy (non-hydrogen) atoms. The molecule has 124 valence electrons. The number of benzene rings is 1. The van der Waals surface area contributed by atoms with Crippen molar-refractivity contribution in [3.05, 3.63) is 24.0 Å². The molecule has 2 aromatic rings. The van der Waals surface area contributed by atoms with E-state index in [2.05, 4.69) is 9.97 Å². The van der Waals surface area contributed by atoms with Crippen molar-refractivity contribution in [3.63, 3.8) is 0 Å². The van der Waals surface area contributed by atoms with E-state index in [0.29, 0.717) is 32.7 Å². The Morgan fingerprint density at radius 2 is 2.39 bits per heavy atom. The largest absolute Gasteiger partial charge is 0.497 e. The van der Waals surface area contributed by atoms with Crippen molar-refractivity contribution in [2.75, 3.05) is 33.4 Å². The molecule has 0 spiro atoms. The highest BCUT2D eigenvalue weighted by atomic mass is 16.5. The summed E-state index contributed by atoms with van der Waals surface area (Å²) in [4.78, 5) is 22.2. The molecule has 1 aliphatic rings. The number of fused-ring (bicyclic) bond motifs is 1. The highest BCUT2D eigenvalue weighted by Crippen LogP contribution is 2.19. The third-order valence-electron chi connectivity index (χ3n) is 4.33. The van der Waals surface area contributed by atoms with E-state index in [0.717, 1.165) is 29.0 Å². The summed E-state index contributed by atoms with van der Waals surface area (Å²) in [6.45, 7) is 4.64. The molecule has 1 atom stereocenters. The van der Waals surface area contributed by atoms with Gasteiger partial charge >= 0.3 is 0 Å². The van der Waals surface area contributed by atoms with Gasteiger partial charge in [0.15, 0.2) is 0 Å². The number of aromatic amines is 1. The van der Waals surface area contributed by atoms with Gasteiger partial charge in [-0.3, -0.25) is 4.79 Å². The van der Waals surface area contributed by atoms with Gasteiger partial charge in [0.25, 0.3) is 0 Å². The monoisotopic (exact) mass is 317 g/mol. The summed E-state index contributed by atoms with van der Waals surface area (Å²) in [5, 5.41) is 0. The molecule has 1 amide bonds. The molecule has 1 fully saturated rings. The van der Waals surface area contributed by atoms with Crippen LogP contribution in [0.2, 0.25) is 0 Å². The summed E-state index contributed by atoms with van der Waals surface area (Å²) < 4.78 is 10.5. The van der Waals surface area contributed by atoms with Crippen molar-refractivity contribution < 1.29 is 14.3 Å². The lowest BCUT2D eigenvalue weighted by atomic mass is 10.1. The average molecular weight is 317 g/mol. The quantitative estimate of drug-likeness (QED) is 0.885. The molecule has 1 aliphatic heterocycles. The maximum Gasteiger partial charge on any atom is 0.228 e. The molecule has 1 aromatic carbocycles. The lowest BCUT2D eigenvalue weighted by Crippen LogP contribution is -2.37. The Bertz CT molecular complexity index is 677. The number of likely N-dealkylation sites (N-methyl/N-ethyl adjacent to an activating group) is 1. The van der Waals surface area contributed by atoms with Crippen LogP contribution in [-0.2, 0) is 16.0 Å². The van der Waals surface area contributed by atoms with Gasteiger partial charge in [-0.1, -0.05) is 0 Å². The number of carbonyl (C=O) groups excluding carboxylic acids is 1. The number of methoxy groups -OCH3 is 1. The summed E-state index contributed by atoms with van der Waals surface area (Å²) in [5.41, 5.74) is 1.87. The number of hydrogen-bond donors (Lipinski definition) is 1. The number of nitrogens with one attached hydrogen (secondary N) is 1. The molecule has 1 aromatic heterocycles. The number of carbonyl (C=O) groups is 1. The summed E-state index contributed by atoms with van der Waals surface area (Å²) >= 11 is 0. The SMILES string of the molecule is CCN(CCc1nc2ccc(OC)cc2[nH]1)C(=O)C1CCOC1. The van der Waals surface area contributed by atoms with Crippen molar-refractivity contribution in [3.8, 4) is 5.75 Å². The van der Waals surface area contributed by atoms with Gasteiger partial charge in [-0.05, 0) is 25.5 Å². The number of aromatic nitrogens is 2. The lowest BCUT2D eigenvalue weighted by Gasteiger charge is -2.23. The van der Waals surface area contributed by atoms with Gasteiger partial charge < -0.3 is 19.4 Å². The molecule has 1 N–H and O–H groups in total. The molecule has 0 saturated carbocycles. The van der Waals surface area contributed by atoms with Crippen LogP contribution in [0.5, 0.6) is 5.75 Å². The van der Waals surface area contributed by atoms with Crippen LogP contribution in [0.4, 0.5) is 0 Å². The highest BCUT2D eigenvalue weighted by Gasteiger charge is 2.27. The second-order valence-corrected chi connectivity index (χ2v) is 5.79. The third kappa shape index (κ3) is 3.47. The molecule has 0 aliphatic carbocycles. The molecule has 2 heterocycles.